The number of ether oxygens (including phenoxy) is 2. The van der Waals surface area contributed by atoms with Gasteiger partial charge in [-0.1, -0.05) is 13.3 Å². The number of unbranched alkanes of at least 4 members (excludes halogenated alkanes) is 1. The first-order valence-electron chi connectivity index (χ1n) is 6.03. The molecular formula is C13H16O7. The molecule has 0 N–H and O–H groups in total. The summed E-state index contributed by atoms with van der Waals surface area (Å²) in [5.74, 6) is -0.216. The van der Waals surface area contributed by atoms with E-state index >= 15 is 0 Å². The molecule has 0 spiro atoms. The number of carbonyl (C=O) groups is 2. The van der Waals surface area contributed by atoms with Crippen molar-refractivity contribution in [3.05, 3.63) is 29.8 Å². The quantitative estimate of drug-likeness (QED) is 0.329. The SMILES string of the molecule is CCCCOC(=O)OOOC(=O)c1ccc(OC)cc1. The lowest BCUT2D eigenvalue weighted by Crippen LogP contribution is -2.12. The predicted molar refractivity (Wildman–Crippen MR) is 66.8 cm³/mol. The van der Waals surface area contributed by atoms with Crippen LogP contribution < -0.4 is 4.74 Å². The Morgan fingerprint density at radius 1 is 1.10 bits per heavy atom. The van der Waals surface area contributed by atoms with Gasteiger partial charge in [0.2, 0.25) is 0 Å². The third-order valence-corrected chi connectivity index (χ3v) is 2.26. The van der Waals surface area contributed by atoms with Gasteiger partial charge in [-0.05, 0) is 30.7 Å². The fourth-order valence-electron chi connectivity index (χ4n) is 1.17. The Morgan fingerprint density at radius 2 is 1.80 bits per heavy atom. The molecule has 0 aliphatic rings. The highest BCUT2D eigenvalue weighted by Gasteiger charge is 2.11. The highest BCUT2D eigenvalue weighted by atomic mass is 17.5. The van der Waals surface area contributed by atoms with Gasteiger partial charge >= 0.3 is 12.1 Å². The van der Waals surface area contributed by atoms with Crippen molar-refractivity contribution in [3.8, 4) is 5.75 Å². The normalized spacial score (nSPS) is 9.70. The van der Waals surface area contributed by atoms with Gasteiger partial charge in [-0.15, -0.1) is 0 Å². The lowest BCUT2D eigenvalue weighted by molar-refractivity contribution is -0.452. The molecule has 0 amide bonds. The summed E-state index contributed by atoms with van der Waals surface area (Å²) in [5.41, 5.74) is 0.216. The van der Waals surface area contributed by atoms with Crippen molar-refractivity contribution in [1.82, 2.24) is 0 Å². The Balaban J connectivity index is 2.27. The smallest absolute Gasteiger partial charge is 0.497 e. The monoisotopic (exact) mass is 284 g/mol. The van der Waals surface area contributed by atoms with Gasteiger partial charge in [0.05, 0.1) is 24.3 Å². The van der Waals surface area contributed by atoms with E-state index in [4.69, 9.17) is 4.74 Å². The average Bonchev–Trinajstić information content (AvgIpc) is 2.47. The van der Waals surface area contributed by atoms with Crippen LogP contribution in [0.2, 0.25) is 0 Å². The van der Waals surface area contributed by atoms with Crippen LogP contribution in [-0.4, -0.2) is 25.8 Å². The van der Waals surface area contributed by atoms with E-state index in [9.17, 15) is 9.59 Å². The van der Waals surface area contributed by atoms with Crippen LogP contribution in [0.15, 0.2) is 24.3 Å². The largest absolute Gasteiger partial charge is 0.543 e. The molecule has 7 nitrogen and oxygen atoms in total. The van der Waals surface area contributed by atoms with Gasteiger partial charge in [0.1, 0.15) is 5.75 Å². The fourth-order valence-corrected chi connectivity index (χ4v) is 1.17. The molecule has 20 heavy (non-hydrogen) atoms. The lowest BCUT2D eigenvalue weighted by atomic mass is 10.2. The van der Waals surface area contributed by atoms with Crippen LogP contribution in [0.1, 0.15) is 30.1 Å². The van der Waals surface area contributed by atoms with Gasteiger partial charge in [0.15, 0.2) is 0 Å². The second-order valence-corrected chi connectivity index (χ2v) is 3.70. The molecule has 0 unspecified atom stereocenters. The van der Waals surface area contributed by atoms with Crippen LogP contribution >= 0.6 is 0 Å². The lowest BCUT2D eigenvalue weighted by Gasteiger charge is -2.04. The number of hydrogen-bond donors (Lipinski definition) is 0. The summed E-state index contributed by atoms with van der Waals surface area (Å²) < 4.78 is 9.55. The summed E-state index contributed by atoms with van der Waals surface area (Å²) in [6.07, 6.45) is 0.516. The number of methoxy groups -OCH3 is 1. The second-order valence-electron chi connectivity index (χ2n) is 3.70. The van der Waals surface area contributed by atoms with Gasteiger partial charge in [-0.3, -0.25) is 4.89 Å². The minimum Gasteiger partial charge on any atom is -0.497 e. The van der Waals surface area contributed by atoms with Crippen molar-refractivity contribution in [2.45, 2.75) is 19.8 Å². The molecule has 1 aromatic rings. The van der Waals surface area contributed by atoms with Crippen LogP contribution in [0, 0.1) is 0 Å². The molecule has 0 aliphatic heterocycles. The third kappa shape index (κ3) is 5.57. The molecule has 0 saturated carbocycles. The maximum absolute atomic E-state index is 11.5. The molecule has 0 aromatic heterocycles. The van der Waals surface area contributed by atoms with E-state index in [2.05, 4.69) is 19.6 Å². The van der Waals surface area contributed by atoms with Crippen LogP contribution in [-0.2, 0) is 19.6 Å². The summed E-state index contributed by atoms with van der Waals surface area (Å²) in [4.78, 5) is 30.8. The zero-order chi connectivity index (χ0) is 14.8. The summed E-state index contributed by atoms with van der Waals surface area (Å²) in [5, 5.41) is 4.04. The Morgan fingerprint density at radius 3 is 2.40 bits per heavy atom. The Labute approximate surface area is 116 Å². The Hall–Kier alpha value is -2.28. The number of rotatable bonds is 7. The molecule has 1 rings (SSSR count). The molecule has 0 heterocycles. The van der Waals surface area contributed by atoms with E-state index < -0.39 is 12.1 Å². The molecule has 0 atom stereocenters. The van der Waals surface area contributed by atoms with Crippen LogP contribution in [0.4, 0.5) is 4.79 Å². The number of hydrogen-bond acceptors (Lipinski definition) is 7. The Kier molecular flexibility index (Phi) is 6.91. The van der Waals surface area contributed by atoms with Crippen molar-refractivity contribution in [2.75, 3.05) is 13.7 Å². The minimum absolute atomic E-state index is 0.213. The molecule has 1 aromatic carbocycles. The van der Waals surface area contributed by atoms with Crippen molar-refractivity contribution < 1.29 is 33.9 Å². The second kappa shape index (κ2) is 8.76. The predicted octanol–water partition coefficient (Wildman–Crippen LogP) is 2.65. The minimum atomic E-state index is -1.07. The number of benzene rings is 1. The third-order valence-electron chi connectivity index (χ3n) is 2.26. The van der Waals surface area contributed by atoms with E-state index in [1.54, 1.807) is 12.1 Å². The van der Waals surface area contributed by atoms with Crippen molar-refractivity contribution >= 4 is 12.1 Å². The van der Waals surface area contributed by atoms with Gasteiger partial charge in [-0.2, -0.15) is 0 Å². The molecular weight excluding hydrogens is 268 g/mol. The first-order chi connectivity index (χ1) is 9.67. The van der Waals surface area contributed by atoms with Gasteiger partial charge in [-0.25, -0.2) is 14.5 Å². The fraction of sp³-hybridized carbons (Fsp3) is 0.385. The molecule has 0 radical (unpaired) electrons. The number of carbonyl (C=O) groups excluding carboxylic acids is 2. The summed E-state index contributed by atoms with van der Waals surface area (Å²) >= 11 is 0. The first-order valence-corrected chi connectivity index (χ1v) is 6.03. The molecule has 0 saturated heterocycles. The molecule has 0 bridgehead atoms. The molecule has 0 aliphatic carbocycles. The molecule has 110 valence electrons. The van der Waals surface area contributed by atoms with Crippen LogP contribution in [0.3, 0.4) is 0 Å². The highest BCUT2D eigenvalue weighted by Crippen LogP contribution is 2.12. The van der Waals surface area contributed by atoms with E-state index in [1.165, 1.54) is 19.2 Å². The topological polar surface area (TPSA) is 80.3 Å². The highest BCUT2D eigenvalue weighted by molar-refractivity contribution is 5.89. The maximum atomic E-state index is 11.5. The zero-order valence-corrected chi connectivity index (χ0v) is 11.3. The summed E-state index contributed by atoms with van der Waals surface area (Å²) in [6, 6.07) is 6.11. The molecule has 0 fully saturated rings. The molecule has 7 heteroatoms. The van der Waals surface area contributed by atoms with E-state index in [0.29, 0.717) is 12.2 Å². The Bertz CT molecular complexity index is 427. The van der Waals surface area contributed by atoms with Gasteiger partial charge in [0, 0.05) is 0 Å². The van der Waals surface area contributed by atoms with Crippen molar-refractivity contribution in [3.63, 3.8) is 0 Å². The van der Waals surface area contributed by atoms with E-state index in [0.717, 1.165) is 6.42 Å². The first kappa shape index (κ1) is 15.8. The van der Waals surface area contributed by atoms with Crippen LogP contribution in [0.25, 0.3) is 0 Å². The summed E-state index contributed by atoms with van der Waals surface area (Å²) in [6.45, 7) is 2.16. The maximum Gasteiger partial charge on any atom is 0.543 e. The zero-order valence-electron chi connectivity index (χ0n) is 11.3. The average molecular weight is 284 g/mol. The van der Waals surface area contributed by atoms with Gasteiger partial charge < -0.3 is 9.47 Å². The van der Waals surface area contributed by atoms with Crippen molar-refractivity contribution in [2.24, 2.45) is 0 Å². The standard InChI is InChI=1S/C13H16O7/c1-3-4-9-17-13(15)19-20-18-12(14)10-5-7-11(16-2)8-6-10/h5-8H,3-4,9H2,1-2H3. The van der Waals surface area contributed by atoms with Crippen molar-refractivity contribution in [1.29, 1.82) is 0 Å². The summed E-state index contributed by atoms with van der Waals surface area (Å²) in [7, 11) is 1.51. The van der Waals surface area contributed by atoms with E-state index in [-0.39, 0.29) is 12.2 Å². The van der Waals surface area contributed by atoms with Crippen LogP contribution in [0.5, 0.6) is 5.75 Å². The van der Waals surface area contributed by atoms with Gasteiger partial charge in [0.25, 0.3) is 0 Å². The van der Waals surface area contributed by atoms with E-state index in [1.807, 2.05) is 6.92 Å².